The van der Waals surface area contributed by atoms with E-state index in [9.17, 15) is 9.59 Å². The number of nitrogens with one attached hydrogen (secondary N) is 1. The Hall–Kier alpha value is -2.08. The van der Waals surface area contributed by atoms with Gasteiger partial charge in [-0.25, -0.2) is 4.98 Å². The van der Waals surface area contributed by atoms with Crippen molar-refractivity contribution in [2.45, 2.75) is 69.6 Å². The molecule has 0 radical (unpaired) electrons. The fourth-order valence-corrected chi connectivity index (χ4v) is 4.82. The van der Waals surface area contributed by atoms with E-state index < -0.39 is 0 Å². The summed E-state index contributed by atoms with van der Waals surface area (Å²) < 4.78 is 1.76. The average Bonchev–Trinajstić information content (AvgIpc) is 3.58. The third-order valence-electron chi connectivity index (χ3n) is 5.92. The molecule has 2 aromatic rings. The molecule has 0 unspecified atom stereocenters. The fourth-order valence-electron chi connectivity index (χ4n) is 3.98. The molecule has 0 spiro atoms. The number of fused-ring (bicyclic) bond motifs is 1. The van der Waals surface area contributed by atoms with Crippen LogP contribution < -0.4 is 10.9 Å². The molecule has 29 heavy (non-hydrogen) atoms. The maximum absolute atomic E-state index is 13.1. The molecule has 1 amide bonds. The quantitative estimate of drug-likeness (QED) is 0.400. The van der Waals surface area contributed by atoms with Crippen molar-refractivity contribution in [3.8, 4) is 0 Å². The Morgan fingerprint density at radius 2 is 2.14 bits per heavy atom. The lowest BCUT2D eigenvalue weighted by molar-refractivity contribution is -0.119. The SMILES string of the molecule is C[C@H](NC(=O)CSc1nc2ccccc2c(=O)n1CCC1=CCCCC1)C1CC1. The summed E-state index contributed by atoms with van der Waals surface area (Å²) in [5.74, 6) is 0.924. The number of benzene rings is 1. The Morgan fingerprint density at radius 1 is 1.31 bits per heavy atom. The summed E-state index contributed by atoms with van der Waals surface area (Å²) in [4.78, 5) is 30.2. The Bertz CT molecular complexity index is 978. The van der Waals surface area contributed by atoms with Crippen molar-refractivity contribution in [3.63, 3.8) is 0 Å². The van der Waals surface area contributed by atoms with Crippen molar-refractivity contribution in [1.82, 2.24) is 14.9 Å². The first-order chi connectivity index (χ1) is 14.1. The van der Waals surface area contributed by atoms with Gasteiger partial charge in [-0.1, -0.05) is 35.5 Å². The molecule has 0 bridgehead atoms. The minimum Gasteiger partial charge on any atom is -0.353 e. The van der Waals surface area contributed by atoms with Gasteiger partial charge in [0.05, 0.1) is 16.7 Å². The summed E-state index contributed by atoms with van der Waals surface area (Å²) in [7, 11) is 0. The molecule has 1 fully saturated rings. The van der Waals surface area contributed by atoms with Gasteiger partial charge in [0.2, 0.25) is 5.91 Å². The van der Waals surface area contributed by atoms with Crippen LogP contribution in [0.5, 0.6) is 0 Å². The molecule has 0 aliphatic heterocycles. The minimum atomic E-state index is -0.0127. The van der Waals surface area contributed by atoms with Crippen LogP contribution in [0.15, 0.2) is 45.9 Å². The molecule has 0 saturated heterocycles. The number of aromatic nitrogens is 2. The summed E-state index contributed by atoms with van der Waals surface area (Å²) in [6.07, 6.45) is 10.4. The predicted octanol–water partition coefficient (Wildman–Crippen LogP) is 4.29. The maximum atomic E-state index is 13.1. The molecule has 2 aliphatic rings. The van der Waals surface area contributed by atoms with Crippen LogP contribution >= 0.6 is 11.8 Å². The van der Waals surface area contributed by atoms with Gasteiger partial charge in [0.1, 0.15) is 0 Å². The first-order valence-corrected chi connectivity index (χ1v) is 11.7. The molecule has 4 rings (SSSR count). The number of amides is 1. The zero-order chi connectivity index (χ0) is 20.2. The Labute approximate surface area is 176 Å². The summed E-state index contributed by atoms with van der Waals surface area (Å²) in [6.45, 7) is 2.69. The first-order valence-electron chi connectivity index (χ1n) is 10.7. The van der Waals surface area contributed by atoms with E-state index in [1.54, 1.807) is 4.57 Å². The Morgan fingerprint density at radius 3 is 2.90 bits per heavy atom. The molecule has 1 N–H and O–H groups in total. The van der Waals surface area contributed by atoms with E-state index in [0.29, 0.717) is 28.5 Å². The molecule has 5 nitrogen and oxygen atoms in total. The zero-order valence-corrected chi connectivity index (χ0v) is 17.8. The predicted molar refractivity (Wildman–Crippen MR) is 118 cm³/mol. The molecule has 1 aromatic carbocycles. The minimum absolute atomic E-state index is 0.0124. The van der Waals surface area contributed by atoms with Gasteiger partial charge in [-0.2, -0.15) is 0 Å². The van der Waals surface area contributed by atoms with E-state index in [1.165, 1.54) is 43.0 Å². The molecule has 1 saturated carbocycles. The second kappa shape index (κ2) is 9.16. The smallest absolute Gasteiger partial charge is 0.262 e. The van der Waals surface area contributed by atoms with Crippen molar-refractivity contribution >= 4 is 28.6 Å². The number of thioether (sulfide) groups is 1. The number of hydrogen-bond donors (Lipinski definition) is 1. The molecule has 2 aliphatic carbocycles. The number of rotatable bonds is 8. The third kappa shape index (κ3) is 5.10. The lowest BCUT2D eigenvalue weighted by Crippen LogP contribution is -2.35. The van der Waals surface area contributed by atoms with Crippen LogP contribution in [0.1, 0.15) is 51.9 Å². The van der Waals surface area contributed by atoms with Crippen LogP contribution in [0, 0.1) is 5.92 Å². The van der Waals surface area contributed by atoms with E-state index >= 15 is 0 Å². The van der Waals surface area contributed by atoms with Crippen molar-refractivity contribution in [2.24, 2.45) is 5.92 Å². The molecule has 1 heterocycles. The van der Waals surface area contributed by atoms with Gasteiger partial charge >= 0.3 is 0 Å². The van der Waals surface area contributed by atoms with E-state index in [-0.39, 0.29) is 23.3 Å². The number of nitrogens with zero attached hydrogens (tertiary/aromatic N) is 2. The van der Waals surface area contributed by atoms with Crippen LogP contribution in [0.2, 0.25) is 0 Å². The maximum Gasteiger partial charge on any atom is 0.262 e. The largest absolute Gasteiger partial charge is 0.353 e. The first kappa shape index (κ1) is 20.2. The molecule has 6 heteroatoms. The van der Waals surface area contributed by atoms with E-state index in [2.05, 4.69) is 18.3 Å². The van der Waals surface area contributed by atoms with Gasteiger partial charge in [-0.3, -0.25) is 14.2 Å². The number of carbonyl (C=O) groups excluding carboxylic acids is 1. The molecular formula is C23H29N3O2S. The van der Waals surface area contributed by atoms with Crippen molar-refractivity contribution in [2.75, 3.05) is 5.75 Å². The van der Waals surface area contributed by atoms with Crippen molar-refractivity contribution < 1.29 is 4.79 Å². The fraction of sp³-hybridized carbons (Fsp3) is 0.522. The van der Waals surface area contributed by atoms with Gasteiger partial charge in [0.15, 0.2) is 5.16 Å². The summed E-state index contributed by atoms with van der Waals surface area (Å²) in [5, 5.41) is 4.36. The van der Waals surface area contributed by atoms with Crippen molar-refractivity contribution in [1.29, 1.82) is 0 Å². The van der Waals surface area contributed by atoms with Gasteiger partial charge in [0, 0.05) is 12.6 Å². The van der Waals surface area contributed by atoms with E-state index in [4.69, 9.17) is 4.98 Å². The topological polar surface area (TPSA) is 64.0 Å². The normalized spacial score (nSPS) is 17.8. The number of allylic oxidation sites excluding steroid dienone is 2. The average molecular weight is 412 g/mol. The zero-order valence-electron chi connectivity index (χ0n) is 17.0. The lowest BCUT2D eigenvalue weighted by atomic mass is 9.97. The highest BCUT2D eigenvalue weighted by Crippen LogP contribution is 2.32. The molecule has 1 aromatic heterocycles. The highest BCUT2D eigenvalue weighted by Gasteiger charge is 2.28. The highest BCUT2D eigenvalue weighted by atomic mass is 32.2. The lowest BCUT2D eigenvalue weighted by Gasteiger charge is -2.17. The van der Waals surface area contributed by atoms with Crippen molar-refractivity contribution in [3.05, 3.63) is 46.3 Å². The summed E-state index contributed by atoms with van der Waals surface area (Å²) >= 11 is 1.37. The highest BCUT2D eigenvalue weighted by molar-refractivity contribution is 7.99. The van der Waals surface area contributed by atoms with E-state index in [1.807, 2.05) is 24.3 Å². The number of carbonyl (C=O) groups is 1. The third-order valence-corrected chi connectivity index (χ3v) is 6.89. The van der Waals surface area contributed by atoms with Gasteiger partial charge in [-0.05, 0) is 69.9 Å². The Kier molecular flexibility index (Phi) is 6.38. The van der Waals surface area contributed by atoms with Gasteiger partial charge in [0.25, 0.3) is 5.56 Å². The van der Waals surface area contributed by atoms with Crippen LogP contribution in [0.4, 0.5) is 0 Å². The summed E-state index contributed by atoms with van der Waals surface area (Å²) in [5.41, 5.74) is 2.12. The standard InChI is InChI=1S/C23H29N3O2S/c1-16(18-11-12-18)24-21(27)15-29-23-25-20-10-6-5-9-19(20)22(28)26(23)14-13-17-7-3-2-4-8-17/h5-7,9-10,16,18H,2-4,8,11-15H2,1H3,(H,24,27)/t16-/m0/s1. The molecule has 154 valence electrons. The molecular weight excluding hydrogens is 382 g/mol. The van der Waals surface area contributed by atoms with Crippen LogP contribution in [0.25, 0.3) is 10.9 Å². The number of para-hydroxylation sites is 1. The van der Waals surface area contributed by atoms with Gasteiger partial charge < -0.3 is 5.32 Å². The molecule has 1 atom stereocenters. The summed E-state index contributed by atoms with van der Waals surface area (Å²) in [6, 6.07) is 7.69. The van der Waals surface area contributed by atoms with Crippen LogP contribution in [-0.2, 0) is 11.3 Å². The monoisotopic (exact) mass is 411 g/mol. The second-order valence-corrected chi connectivity index (χ2v) is 9.15. The number of hydrogen-bond acceptors (Lipinski definition) is 4. The Balaban J connectivity index is 1.52. The van der Waals surface area contributed by atoms with Crippen LogP contribution in [-0.4, -0.2) is 27.3 Å². The van der Waals surface area contributed by atoms with E-state index in [0.717, 1.165) is 19.3 Å². The van der Waals surface area contributed by atoms with Crippen LogP contribution in [0.3, 0.4) is 0 Å². The second-order valence-electron chi connectivity index (χ2n) is 8.21. The van der Waals surface area contributed by atoms with Gasteiger partial charge in [-0.15, -0.1) is 0 Å².